The lowest BCUT2D eigenvalue weighted by Crippen LogP contribution is -2.25. The number of fused-ring (bicyclic) bond motifs is 1. The van der Waals surface area contributed by atoms with Gasteiger partial charge in [0.2, 0.25) is 5.91 Å². The molecule has 0 aliphatic carbocycles. The molecular formula is C16H15N3O2. The van der Waals surface area contributed by atoms with Crippen molar-refractivity contribution in [3.05, 3.63) is 72.2 Å². The summed E-state index contributed by atoms with van der Waals surface area (Å²) in [5.74, 6) is -0.214. The van der Waals surface area contributed by atoms with Gasteiger partial charge in [-0.3, -0.25) is 9.63 Å². The Kier molecular flexibility index (Phi) is 3.93. The minimum absolute atomic E-state index is 0.191. The average molecular weight is 281 g/mol. The van der Waals surface area contributed by atoms with Gasteiger partial charge in [-0.15, -0.1) is 0 Å². The Morgan fingerprint density at radius 2 is 1.95 bits per heavy atom. The van der Waals surface area contributed by atoms with Crippen LogP contribution < -0.4 is 5.48 Å². The summed E-state index contributed by atoms with van der Waals surface area (Å²) in [6, 6.07) is 15.4. The van der Waals surface area contributed by atoms with E-state index >= 15 is 0 Å². The van der Waals surface area contributed by atoms with Crippen molar-refractivity contribution in [2.24, 2.45) is 0 Å². The number of hydrogen-bond donors (Lipinski definition) is 1. The molecule has 0 fully saturated rings. The van der Waals surface area contributed by atoms with Crippen molar-refractivity contribution in [2.75, 3.05) is 0 Å². The van der Waals surface area contributed by atoms with E-state index in [1.165, 1.54) is 0 Å². The zero-order valence-electron chi connectivity index (χ0n) is 11.4. The Bertz CT molecular complexity index is 704. The van der Waals surface area contributed by atoms with Gasteiger partial charge in [0.1, 0.15) is 5.65 Å². The predicted molar refractivity (Wildman–Crippen MR) is 78.3 cm³/mol. The van der Waals surface area contributed by atoms with Gasteiger partial charge in [-0.1, -0.05) is 36.4 Å². The second-order valence-corrected chi connectivity index (χ2v) is 4.67. The maximum atomic E-state index is 11.8. The van der Waals surface area contributed by atoms with Crippen LogP contribution in [0.1, 0.15) is 11.3 Å². The van der Waals surface area contributed by atoms with E-state index in [2.05, 4.69) is 10.5 Å². The number of hydrogen-bond acceptors (Lipinski definition) is 3. The number of pyridine rings is 1. The third-order valence-electron chi connectivity index (χ3n) is 3.02. The van der Waals surface area contributed by atoms with Crippen molar-refractivity contribution in [3.8, 4) is 0 Å². The number of nitrogens with one attached hydrogen (secondary N) is 1. The molecule has 5 heteroatoms. The summed E-state index contributed by atoms with van der Waals surface area (Å²) >= 11 is 0. The van der Waals surface area contributed by atoms with Crippen LogP contribution in [0.25, 0.3) is 5.65 Å². The largest absolute Gasteiger partial charge is 0.307 e. The molecule has 3 aromatic rings. The number of imidazole rings is 1. The number of amides is 1. The third kappa shape index (κ3) is 3.46. The summed E-state index contributed by atoms with van der Waals surface area (Å²) in [5.41, 5.74) is 4.98. The molecule has 1 aromatic carbocycles. The number of benzene rings is 1. The van der Waals surface area contributed by atoms with Crippen molar-refractivity contribution >= 4 is 11.6 Å². The molecule has 0 spiro atoms. The van der Waals surface area contributed by atoms with E-state index in [9.17, 15) is 4.79 Å². The lowest BCUT2D eigenvalue weighted by atomic mass is 10.2. The number of aromatic nitrogens is 2. The first-order valence-corrected chi connectivity index (χ1v) is 6.68. The van der Waals surface area contributed by atoms with Crippen molar-refractivity contribution in [2.45, 2.75) is 13.0 Å². The molecule has 0 aliphatic rings. The van der Waals surface area contributed by atoms with Crippen LogP contribution in [0.2, 0.25) is 0 Å². The summed E-state index contributed by atoms with van der Waals surface area (Å²) < 4.78 is 1.88. The number of carbonyl (C=O) groups excluding carboxylic acids is 1. The molecule has 0 unspecified atom stereocenters. The second kappa shape index (κ2) is 6.19. The fraction of sp³-hybridized carbons (Fsp3) is 0.125. The molecule has 1 amide bonds. The minimum Gasteiger partial charge on any atom is -0.307 e. The summed E-state index contributed by atoms with van der Waals surface area (Å²) in [5, 5.41) is 0. The molecule has 2 heterocycles. The van der Waals surface area contributed by atoms with E-state index in [0.29, 0.717) is 12.3 Å². The van der Waals surface area contributed by atoms with Gasteiger partial charge in [-0.05, 0) is 17.7 Å². The normalized spacial score (nSPS) is 10.7. The monoisotopic (exact) mass is 281 g/mol. The van der Waals surface area contributed by atoms with Gasteiger partial charge in [0, 0.05) is 12.4 Å². The van der Waals surface area contributed by atoms with Gasteiger partial charge < -0.3 is 4.40 Å². The van der Waals surface area contributed by atoms with Crippen LogP contribution >= 0.6 is 0 Å². The van der Waals surface area contributed by atoms with Crippen molar-refractivity contribution in [1.29, 1.82) is 0 Å². The lowest BCUT2D eigenvalue weighted by molar-refractivity contribution is -0.133. The van der Waals surface area contributed by atoms with Gasteiger partial charge in [-0.25, -0.2) is 10.5 Å². The molecule has 2 aromatic heterocycles. The highest BCUT2D eigenvalue weighted by atomic mass is 16.6. The van der Waals surface area contributed by atoms with Crippen LogP contribution in [0, 0.1) is 0 Å². The third-order valence-corrected chi connectivity index (χ3v) is 3.02. The van der Waals surface area contributed by atoms with Gasteiger partial charge >= 0.3 is 0 Å². The molecule has 1 N–H and O–H groups in total. The summed E-state index contributed by atoms with van der Waals surface area (Å²) in [4.78, 5) is 21.4. The van der Waals surface area contributed by atoms with Crippen molar-refractivity contribution < 1.29 is 9.63 Å². The van der Waals surface area contributed by atoms with E-state index in [0.717, 1.165) is 11.2 Å². The van der Waals surface area contributed by atoms with Gasteiger partial charge in [0.15, 0.2) is 0 Å². The fourth-order valence-corrected chi connectivity index (χ4v) is 2.05. The molecular weight excluding hydrogens is 266 g/mol. The zero-order chi connectivity index (χ0) is 14.5. The predicted octanol–water partition coefficient (Wildman–Crippen LogP) is 2.12. The van der Waals surface area contributed by atoms with Gasteiger partial charge in [-0.2, -0.15) is 0 Å². The quantitative estimate of drug-likeness (QED) is 0.729. The fourth-order valence-electron chi connectivity index (χ4n) is 2.05. The maximum absolute atomic E-state index is 11.8. The van der Waals surface area contributed by atoms with E-state index in [1.807, 2.05) is 65.3 Å². The van der Waals surface area contributed by atoms with E-state index in [-0.39, 0.29) is 12.3 Å². The highest BCUT2D eigenvalue weighted by Gasteiger charge is 2.07. The van der Waals surface area contributed by atoms with Crippen molar-refractivity contribution in [3.63, 3.8) is 0 Å². The Labute approximate surface area is 122 Å². The average Bonchev–Trinajstić information content (AvgIpc) is 2.90. The van der Waals surface area contributed by atoms with E-state index in [4.69, 9.17) is 4.84 Å². The molecule has 0 aliphatic heterocycles. The van der Waals surface area contributed by atoms with E-state index < -0.39 is 0 Å². The highest BCUT2D eigenvalue weighted by Crippen LogP contribution is 2.05. The van der Waals surface area contributed by atoms with Gasteiger partial charge in [0.25, 0.3) is 0 Å². The summed E-state index contributed by atoms with van der Waals surface area (Å²) in [7, 11) is 0. The Hall–Kier alpha value is -2.66. The number of rotatable bonds is 5. The second-order valence-electron chi connectivity index (χ2n) is 4.67. The molecule has 0 radical (unpaired) electrons. The SMILES string of the molecule is O=C(Cc1cn2ccccc2n1)NOCc1ccccc1. The first-order chi connectivity index (χ1) is 10.3. The maximum Gasteiger partial charge on any atom is 0.249 e. The number of carbonyl (C=O) groups is 1. The van der Waals surface area contributed by atoms with Crippen LogP contribution in [0.3, 0.4) is 0 Å². The van der Waals surface area contributed by atoms with Crippen LogP contribution in [-0.2, 0) is 22.7 Å². The first-order valence-electron chi connectivity index (χ1n) is 6.68. The molecule has 0 bridgehead atoms. The summed E-state index contributed by atoms with van der Waals surface area (Å²) in [6.07, 6.45) is 3.93. The highest BCUT2D eigenvalue weighted by molar-refractivity contribution is 5.77. The zero-order valence-corrected chi connectivity index (χ0v) is 11.4. The Morgan fingerprint density at radius 3 is 2.76 bits per heavy atom. The van der Waals surface area contributed by atoms with Crippen molar-refractivity contribution in [1.82, 2.24) is 14.9 Å². The molecule has 3 rings (SSSR count). The van der Waals surface area contributed by atoms with Crippen LogP contribution in [0.5, 0.6) is 0 Å². The standard InChI is InChI=1S/C16H15N3O2/c20-16(18-21-12-13-6-2-1-3-7-13)10-14-11-19-9-5-4-8-15(19)17-14/h1-9,11H,10,12H2,(H,18,20). The van der Waals surface area contributed by atoms with E-state index in [1.54, 1.807) is 0 Å². The molecule has 5 nitrogen and oxygen atoms in total. The lowest BCUT2D eigenvalue weighted by Gasteiger charge is -2.04. The topological polar surface area (TPSA) is 55.6 Å². The smallest absolute Gasteiger partial charge is 0.249 e. The number of hydroxylamine groups is 1. The number of nitrogens with zero attached hydrogens (tertiary/aromatic N) is 2. The molecule has 21 heavy (non-hydrogen) atoms. The Morgan fingerprint density at radius 1 is 1.14 bits per heavy atom. The molecule has 106 valence electrons. The van der Waals surface area contributed by atoms with Crippen LogP contribution in [-0.4, -0.2) is 15.3 Å². The molecule has 0 atom stereocenters. The van der Waals surface area contributed by atoms with Crippen LogP contribution in [0.4, 0.5) is 0 Å². The van der Waals surface area contributed by atoms with Crippen LogP contribution in [0.15, 0.2) is 60.9 Å². The molecule has 0 saturated heterocycles. The summed E-state index contributed by atoms with van der Waals surface area (Å²) in [6.45, 7) is 0.345. The first kappa shape index (κ1) is 13.3. The Balaban J connectivity index is 1.52. The molecule has 0 saturated carbocycles. The minimum atomic E-state index is -0.214. The van der Waals surface area contributed by atoms with Gasteiger partial charge in [0.05, 0.1) is 18.7 Å².